The second kappa shape index (κ2) is 7.94. The topological polar surface area (TPSA) is 133 Å². The normalized spacial score (nSPS) is 12.2. The Bertz CT molecular complexity index is 1060. The van der Waals surface area contributed by atoms with E-state index in [1.165, 1.54) is 23.5 Å². The summed E-state index contributed by atoms with van der Waals surface area (Å²) >= 11 is 7.30. The highest BCUT2D eigenvalue weighted by molar-refractivity contribution is 7.13. The van der Waals surface area contributed by atoms with Gasteiger partial charge in [-0.05, 0) is 12.1 Å². The second-order valence-corrected chi connectivity index (χ2v) is 6.51. The molecule has 0 bridgehead atoms. The van der Waals surface area contributed by atoms with Crippen molar-refractivity contribution in [3.8, 4) is 11.3 Å². The molecule has 4 N–H and O–H groups in total. The molecule has 27 heavy (non-hydrogen) atoms. The zero-order valence-corrected chi connectivity index (χ0v) is 15.3. The van der Waals surface area contributed by atoms with E-state index in [1.54, 1.807) is 41.8 Å². The molecule has 10 heteroatoms. The number of halogens is 1. The average Bonchev–Trinajstić information content (AvgIpc) is 3.10. The molecule has 1 aromatic heterocycles. The Morgan fingerprint density at radius 2 is 1.96 bits per heavy atom. The monoisotopic (exact) mass is 400 g/mol. The quantitative estimate of drug-likeness (QED) is 0.298. The maximum Gasteiger partial charge on any atom is 0.270 e. The molecule has 3 rings (SSSR count). The van der Waals surface area contributed by atoms with Gasteiger partial charge in [0.15, 0.2) is 0 Å². The predicted octanol–water partition coefficient (Wildman–Crippen LogP) is 3.72. The van der Waals surface area contributed by atoms with Crippen LogP contribution in [0.25, 0.3) is 11.3 Å². The van der Waals surface area contributed by atoms with Crippen LogP contribution < -0.4 is 11.5 Å². The molecule has 2 aromatic carbocycles. The van der Waals surface area contributed by atoms with Crippen LogP contribution in [0.2, 0.25) is 5.02 Å². The van der Waals surface area contributed by atoms with Crippen molar-refractivity contribution in [2.45, 2.75) is 0 Å². The number of thiazole rings is 1. The van der Waals surface area contributed by atoms with Gasteiger partial charge in [-0.2, -0.15) is 9.98 Å². The van der Waals surface area contributed by atoms with Crippen LogP contribution in [0.4, 0.5) is 10.8 Å². The minimum Gasteiger partial charge on any atom is -0.383 e. The molecule has 0 spiro atoms. The van der Waals surface area contributed by atoms with Gasteiger partial charge in [-0.25, -0.2) is 4.98 Å². The van der Waals surface area contributed by atoms with E-state index in [2.05, 4.69) is 15.0 Å². The Labute approximate surface area is 163 Å². The first-order valence-electron chi connectivity index (χ1n) is 7.57. The highest BCUT2D eigenvalue weighted by atomic mass is 35.5. The third-order valence-electron chi connectivity index (χ3n) is 3.44. The standard InChI is InChI=1S/C17H13ClN6O2S/c18-13-7-2-1-6-12(13)15(19)22-16(20)23-17-21-14(9-27-17)10-4-3-5-11(8-10)24(25)26/h1-9H,(H4,19,20,21,22,23). The maximum absolute atomic E-state index is 10.9. The molecule has 0 saturated heterocycles. The number of nitrogens with zero attached hydrogens (tertiary/aromatic N) is 4. The first-order chi connectivity index (χ1) is 12.9. The van der Waals surface area contributed by atoms with Crippen LogP contribution >= 0.6 is 22.9 Å². The fourth-order valence-electron chi connectivity index (χ4n) is 2.20. The number of aliphatic imine (C=N–C) groups is 2. The molecule has 136 valence electrons. The van der Waals surface area contributed by atoms with E-state index < -0.39 is 4.92 Å². The van der Waals surface area contributed by atoms with Gasteiger partial charge in [0.1, 0.15) is 5.84 Å². The van der Waals surface area contributed by atoms with E-state index in [9.17, 15) is 10.1 Å². The van der Waals surface area contributed by atoms with E-state index in [0.717, 1.165) is 0 Å². The summed E-state index contributed by atoms with van der Waals surface area (Å²) in [6, 6.07) is 13.2. The van der Waals surface area contributed by atoms with E-state index in [-0.39, 0.29) is 17.5 Å². The van der Waals surface area contributed by atoms with Gasteiger partial charge >= 0.3 is 0 Å². The Morgan fingerprint density at radius 3 is 2.70 bits per heavy atom. The minimum atomic E-state index is -0.459. The van der Waals surface area contributed by atoms with Crippen molar-refractivity contribution in [1.29, 1.82) is 0 Å². The molecular weight excluding hydrogens is 388 g/mol. The zero-order valence-electron chi connectivity index (χ0n) is 13.7. The SMILES string of the molecule is N/C(=N\C(N)=N\c1nc(-c2cccc([N+](=O)[O-])c2)cs1)c1ccccc1Cl. The largest absolute Gasteiger partial charge is 0.383 e. The zero-order chi connectivity index (χ0) is 19.4. The number of aromatic nitrogens is 1. The third-order valence-corrected chi connectivity index (χ3v) is 4.50. The number of non-ortho nitro benzene ring substituents is 1. The maximum atomic E-state index is 10.9. The lowest BCUT2D eigenvalue weighted by molar-refractivity contribution is -0.384. The van der Waals surface area contributed by atoms with Crippen molar-refractivity contribution < 1.29 is 4.92 Å². The number of benzene rings is 2. The summed E-state index contributed by atoms with van der Waals surface area (Å²) in [5.74, 6) is 0.0599. The number of rotatable bonds is 4. The number of guanidine groups is 1. The van der Waals surface area contributed by atoms with Crippen molar-refractivity contribution in [2.24, 2.45) is 21.5 Å². The summed E-state index contributed by atoms with van der Waals surface area (Å²) in [7, 11) is 0. The molecule has 3 aromatic rings. The summed E-state index contributed by atoms with van der Waals surface area (Å²) in [4.78, 5) is 22.9. The lowest BCUT2D eigenvalue weighted by atomic mass is 10.1. The Hall–Kier alpha value is -3.30. The van der Waals surface area contributed by atoms with Crippen LogP contribution in [-0.2, 0) is 0 Å². The smallest absolute Gasteiger partial charge is 0.270 e. The fraction of sp³-hybridized carbons (Fsp3) is 0. The first kappa shape index (κ1) is 18.5. The summed E-state index contributed by atoms with van der Waals surface area (Å²) < 4.78 is 0. The number of amidine groups is 1. The van der Waals surface area contributed by atoms with Crippen LogP contribution in [0, 0.1) is 10.1 Å². The molecule has 0 amide bonds. The van der Waals surface area contributed by atoms with Gasteiger partial charge in [-0.3, -0.25) is 10.1 Å². The van der Waals surface area contributed by atoms with Crippen molar-refractivity contribution in [3.63, 3.8) is 0 Å². The van der Waals surface area contributed by atoms with Gasteiger partial charge in [0.25, 0.3) is 5.69 Å². The van der Waals surface area contributed by atoms with Crippen LogP contribution in [0.15, 0.2) is 63.9 Å². The van der Waals surface area contributed by atoms with Crippen LogP contribution in [-0.4, -0.2) is 21.7 Å². The second-order valence-electron chi connectivity index (χ2n) is 5.27. The lowest BCUT2D eigenvalue weighted by Gasteiger charge is -2.02. The minimum absolute atomic E-state index is 0.0119. The fourth-order valence-corrected chi connectivity index (χ4v) is 3.14. The van der Waals surface area contributed by atoms with Crippen molar-refractivity contribution in [2.75, 3.05) is 0 Å². The van der Waals surface area contributed by atoms with Gasteiger partial charge in [0.05, 0.1) is 15.6 Å². The van der Waals surface area contributed by atoms with Crippen molar-refractivity contribution in [1.82, 2.24) is 4.98 Å². The first-order valence-corrected chi connectivity index (χ1v) is 8.83. The van der Waals surface area contributed by atoms with Gasteiger partial charge in [0, 0.05) is 28.6 Å². The molecule has 0 saturated carbocycles. The van der Waals surface area contributed by atoms with Gasteiger partial charge in [0.2, 0.25) is 11.1 Å². The van der Waals surface area contributed by atoms with Crippen molar-refractivity contribution in [3.05, 3.63) is 74.6 Å². The highest BCUT2D eigenvalue weighted by Crippen LogP contribution is 2.28. The number of hydrogen-bond acceptors (Lipinski definition) is 5. The third kappa shape index (κ3) is 4.46. The number of nitro benzene ring substituents is 1. The molecule has 0 atom stereocenters. The molecule has 0 fully saturated rings. The Morgan fingerprint density at radius 1 is 1.19 bits per heavy atom. The predicted molar refractivity (Wildman–Crippen MR) is 108 cm³/mol. The van der Waals surface area contributed by atoms with Gasteiger partial charge < -0.3 is 11.5 Å². The van der Waals surface area contributed by atoms with E-state index in [1.807, 2.05) is 0 Å². The molecule has 0 unspecified atom stereocenters. The van der Waals surface area contributed by atoms with E-state index in [4.69, 9.17) is 23.1 Å². The molecule has 0 radical (unpaired) electrons. The number of hydrogen-bond donors (Lipinski definition) is 2. The number of nitrogens with two attached hydrogens (primary N) is 2. The molecule has 0 aliphatic heterocycles. The molecule has 0 aliphatic carbocycles. The Kier molecular flexibility index (Phi) is 5.43. The summed E-state index contributed by atoms with van der Waals surface area (Å²) in [6.07, 6.45) is 0. The van der Waals surface area contributed by atoms with Gasteiger partial charge in [-0.1, -0.05) is 35.9 Å². The molecular formula is C17H13ClN6O2S. The van der Waals surface area contributed by atoms with Crippen LogP contribution in [0.3, 0.4) is 0 Å². The van der Waals surface area contributed by atoms with Crippen LogP contribution in [0.5, 0.6) is 0 Å². The van der Waals surface area contributed by atoms with Crippen LogP contribution in [0.1, 0.15) is 5.56 Å². The van der Waals surface area contributed by atoms with E-state index >= 15 is 0 Å². The van der Waals surface area contributed by atoms with Gasteiger partial charge in [-0.15, -0.1) is 11.3 Å². The van der Waals surface area contributed by atoms with Crippen molar-refractivity contribution >= 4 is 45.6 Å². The summed E-state index contributed by atoms with van der Waals surface area (Å²) in [5.41, 5.74) is 13.4. The molecule has 0 aliphatic rings. The average molecular weight is 401 g/mol. The molecule has 1 heterocycles. The Balaban J connectivity index is 1.84. The summed E-state index contributed by atoms with van der Waals surface area (Å²) in [6.45, 7) is 0. The molecule has 8 nitrogen and oxygen atoms in total. The lowest BCUT2D eigenvalue weighted by Crippen LogP contribution is -2.19. The highest BCUT2D eigenvalue weighted by Gasteiger charge is 2.10. The summed E-state index contributed by atoms with van der Waals surface area (Å²) in [5, 5.41) is 13.4. The van der Waals surface area contributed by atoms with E-state index in [0.29, 0.717) is 27.0 Å². The number of nitro groups is 1.